The molecule has 0 aromatic carbocycles. The first-order chi connectivity index (χ1) is 47.7. The van der Waals surface area contributed by atoms with Gasteiger partial charge in [0.25, 0.3) is 0 Å². The Morgan fingerprint density at radius 3 is 0.687 bits per heavy atom. The topological polar surface area (TPSA) is 237 Å². The van der Waals surface area contributed by atoms with Gasteiger partial charge in [-0.1, -0.05) is 363 Å². The van der Waals surface area contributed by atoms with Crippen LogP contribution in [0, 0.1) is 17.8 Å². The van der Waals surface area contributed by atoms with Crippen LogP contribution in [0.3, 0.4) is 0 Å². The molecule has 17 nitrogen and oxygen atoms in total. The van der Waals surface area contributed by atoms with Gasteiger partial charge in [0.1, 0.15) is 19.3 Å². The van der Waals surface area contributed by atoms with E-state index in [0.717, 1.165) is 108 Å². The van der Waals surface area contributed by atoms with Crippen molar-refractivity contribution in [3.63, 3.8) is 0 Å². The molecule has 0 fully saturated rings. The lowest BCUT2D eigenvalue weighted by molar-refractivity contribution is -0.161. The lowest BCUT2D eigenvalue weighted by atomic mass is 10.0. The van der Waals surface area contributed by atoms with E-state index in [9.17, 15) is 43.2 Å². The van der Waals surface area contributed by atoms with Crippen LogP contribution in [-0.4, -0.2) is 96.7 Å². The minimum Gasteiger partial charge on any atom is -0.462 e. The molecule has 0 bridgehead atoms. The third-order valence-corrected chi connectivity index (χ3v) is 20.5. The summed E-state index contributed by atoms with van der Waals surface area (Å²) in [5.41, 5.74) is 0. The molecule has 0 saturated carbocycles. The van der Waals surface area contributed by atoms with E-state index >= 15 is 0 Å². The van der Waals surface area contributed by atoms with Crippen molar-refractivity contribution in [3.8, 4) is 0 Å². The molecule has 588 valence electrons. The van der Waals surface area contributed by atoms with E-state index in [1.165, 1.54) is 225 Å². The molecule has 0 rings (SSSR count). The van der Waals surface area contributed by atoms with Gasteiger partial charge in [0.15, 0.2) is 12.2 Å². The van der Waals surface area contributed by atoms with Crippen molar-refractivity contribution in [3.05, 3.63) is 0 Å². The zero-order valence-electron chi connectivity index (χ0n) is 65.0. The number of carbonyl (C=O) groups excluding carboxylic acids is 4. The second kappa shape index (κ2) is 70.4. The minimum absolute atomic E-state index is 0.107. The summed E-state index contributed by atoms with van der Waals surface area (Å²) in [6, 6.07) is 0. The van der Waals surface area contributed by atoms with Crippen LogP contribution in [0.2, 0.25) is 0 Å². The van der Waals surface area contributed by atoms with E-state index in [1.54, 1.807) is 0 Å². The molecular weight excluding hydrogens is 1290 g/mol. The summed E-state index contributed by atoms with van der Waals surface area (Å²) in [5, 5.41) is 10.6. The number of esters is 4. The maximum Gasteiger partial charge on any atom is 0.472 e. The minimum atomic E-state index is -4.96. The van der Waals surface area contributed by atoms with Crippen LogP contribution in [0.25, 0.3) is 0 Å². The molecule has 2 unspecified atom stereocenters. The van der Waals surface area contributed by atoms with Crippen molar-refractivity contribution in [2.45, 2.75) is 433 Å². The van der Waals surface area contributed by atoms with Gasteiger partial charge >= 0.3 is 39.5 Å². The quantitative estimate of drug-likeness (QED) is 0.0222. The van der Waals surface area contributed by atoms with E-state index in [0.29, 0.717) is 25.7 Å². The Bertz CT molecular complexity index is 1920. The van der Waals surface area contributed by atoms with E-state index in [2.05, 4.69) is 48.5 Å². The van der Waals surface area contributed by atoms with Crippen LogP contribution < -0.4 is 0 Å². The van der Waals surface area contributed by atoms with Gasteiger partial charge in [-0.25, -0.2) is 9.13 Å². The number of phosphoric acid groups is 2. The number of hydrogen-bond acceptors (Lipinski definition) is 15. The summed E-state index contributed by atoms with van der Waals surface area (Å²) in [6.07, 6.45) is 58.1. The Hall–Kier alpha value is -1.94. The number of aliphatic hydroxyl groups is 1. The summed E-state index contributed by atoms with van der Waals surface area (Å²) in [7, 11) is -9.92. The molecular formula is C80H156O17P2. The zero-order valence-corrected chi connectivity index (χ0v) is 66.8. The molecule has 0 radical (unpaired) electrons. The Morgan fingerprint density at radius 1 is 0.273 bits per heavy atom. The monoisotopic (exact) mass is 1450 g/mol. The van der Waals surface area contributed by atoms with E-state index in [4.69, 9.17) is 37.0 Å². The SMILES string of the molecule is CCCCCCCCCCCCCCC(=O)OC[C@H](COP(=O)(O)OC[C@H](O)COP(=O)(O)OC[C@@H](COC(=O)CCCCCCCCCCCCCCC(C)C)OC(=O)CCCCCCCCCCCCCCCCC(C)C)OC(=O)CCCCCCCCCCCCCCC(C)C. The van der Waals surface area contributed by atoms with Crippen molar-refractivity contribution in [1.29, 1.82) is 0 Å². The van der Waals surface area contributed by atoms with E-state index in [-0.39, 0.29) is 25.7 Å². The molecule has 0 heterocycles. The fourth-order valence-corrected chi connectivity index (χ4v) is 13.9. The van der Waals surface area contributed by atoms with E-state index < -0.39 is 97.5 Å². The number of unbranched alkanes of at least 4 members (excludes halogenated alkanes) is 46. The summed E-state index contributed by atoms with van der Waals surface area (Å²) in [5.74, 6) is 0.244. The summed E-state index contributed by atoms with van der Waals surface area (Å²) in [4.78, 5) is 73.0. The molecule has 0 aromatic rings. The highest BCUT2D eigenvalue weighted by Gasteiger charge is 2.30. The van der Waals surface area contributed by atoms with Gasteiger partial charge in [-0.15, -0.1) is 0 Å². The summed E-state index contributed by atoms with van der Waals surface area (Å²) < 4.78 is 68.7. The maximum atomic E-state index is 13.1. The summed E-state index contributed by atoms with van der Waals surface area (Å²) in [6.45, 7) is 12.0. The number of carbonyl (C=O) groups is 4. The first-order valence-corrected chi connectivity index (χ1v) is 44.3. The standard InChI is InChI=1S/C80H156O17P2/c1-8-9-10-11-12-13-14-26-33-40-47-54-61-77(82)90-67-75(97-80(85)64-57-50-43-36-29-22-20-25-32-39-46-53-60-73(6)7)69-94-98(86,87)92-65-74(81)66-93-99(88,89)95-70-76(68-91-78(83)62-55-48-41-34-27-21-19-24-31-38-45-52-59-72(4)5)96-79(84)63-56-49-42-35-28-18-16-15-17-23-30-37-44-51-58-71(2)3/h71-76,81H,8-70H2,1-7H3,(H,86,87)(H,88,89)/t74-,75+,76+/m0/s1. The average Bonchev–Trinajstić information content (AvgIpc) is 1.00. The molecule has 0 amide bonds. The lowest BCUT2D eigenvalue weighted by Gasteiger charge is -2.21. The Kier molecular flexibility index (Phi) is 69.0. The zero-order chi connectivity index (χ0) is 73.0. The normalized spacial score (nSPS) is 14.0. The predicted molar refractivity (Wildman–Crippen MR) is 405 cm³/mol. The first-order valence-electron chi connectivity index (χ1n) is 41.3. The molecule has 0 spiro atoms. The van der Waals surface area contributed by atoms with Crippen LogP contribution in [0.15, 0.2) is 0 Å². The van der Waals surface area contributed by atoms with Gasteiger partial charge in [0, 0.05) is 25.7 Å². The van der Waals surface area contributed by atoms with Gasteiger partial charge in [-0.05, 0) is 43.4 Å². The van der Waals surface area contributed by atoms with Crippen LogP contribution in [0.1, 0.15) is 414 Å². The number of phosphoric ester groups is 2. The second-order valence-electron chi connectivity index (χ2n) is 30.2. The van der Waals surface area contributed by atoms with Crippen molar-refractivity contribution in [2.24, 2.45) is 17.8 Å². The highest BCUT2D eigenvalue weighted by molar-refractivity contribution is 7.47. The fraction of sp³-hybridized carbons (Fsp3) is 0.950. The van der Waals surface area contributed by atoms with Crippen molar-refractivity contribution < 1.29 is 80.2 Å². The molecule has 0 aliphatic heterocycles. The average molecular weight is 1450 g/mol. The fourth-order valence-electron chi connectivity index (χ4n) is 12.3. The number of ether oxygens (including phenoxy) is 4. The molecule has 0 saturated heterocycles. The molecule has 5 atom stereocenters. The highest BCUT2D eigenvalue weighted by Crippen LogP contribution is 2.45. The number of hydrogen-bond donors (Lipinski definition) is 3. The molecule has 3 N–H and O–H groups in total. The second-order valence-corrected chi connectivity index (χ2v) is 33.1. The van der Waals surface area contributed by atoms with Gasteiger partial charge in [0.2, 0.25) is 0 Å². The molecule has 0 aliphatic carbocycles. The highest BCUT2D eigenvalue weighted by atomic mass is 31.2. The van der Waals surface area contributed by atoms with Gasteiger partial charge in [0.05, 0.1) is 26.4 Å². The van der Waals surface area contributed by atoms with Crippen LogP contribution in [0.4, 0.5) is 0 Å². The molecule has 99 heavy (non-hydrogen) atoms. The smallest absolute Gasteiger partial charge is 0.462 e. The molecule has 19 heteroatoms. The largest absolute Gasteiger partial charge is 0.472 e. The number of aliphatic hydroxyl groups excluding tert-OH is 1. The maximum absolute atomic E-state index is 13.1. The Balaban J connectivity index is 5.27. The first kappa shape index (κ1) is 97.1. The Morgan fingerprint density at radius 2 is 0.465 bits per heavy atom. The molecule has 0 aromatic heterocycles. The van der Waals surface area contributed by atoms with Gasteiger partial charge in [-0.2, -0.15) is 0 Å². The van der Waals surface area contributed by atoms with Crippen LogP contribution in [-0.2, 0) is 65.4 Å². The van der Waals surface area contributed by atoms with Crippen LogP contribution in [0.5, 0.6) is 0 Å². The lowest BCUT2D eigenvalue weighted by Crippen LogP contribution is -2.30. The third-order valence-electron chi connectivity index (χ3n) is 18.6. The van der Waals surface area contributed by atoms with Crippen molar-refractivity contribution in [2.75, 3.05) is 39.6 Å². The molecule has 0 aliphatic rings. The van der Waals surface area contributed by atoms with Gasteiger partial charge < -0.3 is 33.8 Å². The van der Waals surface area contributed by atoms with E-state index in [1.807, 2.05) is 0 Å². The van der Waals surface area contributed by atoms with Crippen LogP contribution >= 0.6 is 15.6 Å². The summed E-state index contributed by atoms with van der Waals surface area (Å²) >= 11 is 0. The Labute approximate surface area is 607 Å². The third kappa shape index (κ3) is 74.1. The predicted octanol–water partition coefficient (Wildman–Crippen LogP) is 23.7. The van der Waals surface area contributed by atoms with Crippen molar-refractivity contribution >= 4 is 39.5 Å². The van der Waals surface area contributed by atoms with Gasteiger partial charge in [-0.3, -0.25) is 37.3 Å². The van der Waals surface area contributed by atoms with Crippen molar-refractivity contribution in [1.82, 2.24) is 0 Å². The number of rotatable bonds is 78.